The number of nitrogens with two attached hydrogens (primary N) is 1. The van der Waals surface area contributed by atoms with Crippen molar-refractivity contribution in [3.8, 4) is 17.1 Å². The second-order valence-corrected chi connectivity index (χ2v) is 6.19. The van der Waals surface area contributed by atoms with Crippen LogP contribution in [0.2, 0.25) is 0 Å². The molecule has 2 heterocycles. The number of rotatable bonds is 5. The van der Waals surface area contributed by atoms with Crippen molar-refractivity contribution >= 4 is 28.2 Å². The predicted octanol–water partition coefficient (Wildman–Crippen LogP) is 2.06. The molecule has 2 aromatic heterocycles. The summed E-state index contributed by atoms with van der Waals surface area (Å²) in [5.41, 5.74) is 7.96. The molecular weight excluding hydrogens is 338 g/mol. The standard InChI is InChI=1S/C17H19N5O2S/c1-4-7-24-12-6-5-10(14(18)25)8-11(12)15-19-16-13(17(23)20-15)9(2)21-22(16)3/h5-6,8H,4,7H2,1-3H3,(H2,18,25)(H,19,20,23). The Morgan fingerprint density at radius 2 is 2.20 bits per heavy atom. The molecule has 0 saturated heterocycles. The van der Waals surface area contributed by atoms with Crippen molar-refractivity contribution in [1.29, 1.82) is 0 Å². The number of aromatic amines is 1. The second-order valence-electron chi connectivity index (χ2n) is 5.75. The minimum Gasteiger partial charge on any atom is -0.493 e. The first-order valence-electron chi connectivity index (χ1n) is 7.93. The third-order valence-corrected chi connectivity index (χ3v) is 4.09. The van der Waals surface area contributed by atoms with Crippen LogP contribution < -0.4 is 16.0 Å². The molecule has 3 rings (SSSR count). The fraction of sp³-hybridized carbons (Fsp3) is 0.294. The van der Waals surface area contributed by atoms with Gasteiger partial charge < -0.3 is 15.5 Å². The van der Waals surface area contributed by atoms with E-state index in [0.717, 1.165) is 6.42 Å². The van der Waals surface area contributed by atoms with E-state index < -0.39 is 0 Å². The van der Waals surface area contributed by atoms with Crippen molar-refractivity contribution in [3.05, 3.63) is 39.8 Å². The minimum absolute atomic E-state index is 0.243. The van der Waals surface area contributed by atoms with E-state index in [-0.39, 0.29) is 10.5 Å². The lowest BCUT2D eigenvalue weighted by Crippen LogP contribution is -2.13. The van der Waals surface area contributed by atoms with Crippen LogP contribution in [0.5, 0.6) is 5.75 Å². The summed E-state index contributed by atoms with van der Waals surface area (Å²) in [6.45, 7) is 4.35. The summed E-state index contributed by atoms with van der Waals surface area (Å²) in [6, 6.07) is 5.36. The van der Waals surface area contributed by atoms with Crippen LogP contribution in [0.1, 0.15) is 24.6 Å². The van der Waals surface area contributed by atoms with Gasteiger partial charge in [-0.05, 0) is 31.5 Å². The van der Waals surface area contributed by atoms with Crippen molar-refractivity contribution in [1.82, 2.24) is 19.7 Å². The first-order chi connectivity index (χ1) is 11.9. The zero-order valence-electron chi connectivity index (χ0n) is 14.3. The fourth-order valence-electron chi connectivity index (χ4n) is 2.68. The Morgan fingerprint density at radius 1 is 1.44 bits per heavy atom. The molecule has 0 radical (unpaired) electrons. The van der Waals surface area contributed by atoms with Gasteiger partial charge in [0.25, 0.3) is 5.56 Å². The summed E-state index contributed by atoms with van der Waals surface area (Å²) >= 11 is 5.06. The van der Waals surface area contributed by atoms with Crippen LogP contribution in [0.3, 0.4) is 0 Å². The minimum atomic E-state index is -0.243. The molecule has 0 aliphatic heterocycles. The normalized spacial score (nSPS) is 11.0. The molecule has 0 fully saturated rings. The number of aryl methyl sites for hydroxylation is 2. The van der Waals surface area contributed by atoms with Crippen LogP contribution in [-0.2, 0) is 7.05 Å². The third kappa shape index (κ3) is 3.12. The molecule has 0 bridgehead atoms. The van der Waals surface area contributed by atoms with E-state index in [0.29, 0.717) is 46.0 Å². The number of hydrogen-bond acceptors (Lipinski definition) is 5. The molecule has 0 atom stereocenters. The van der Waals surface area contributed by atoms with Crippen LogP contribution in [0.15, 0.2) is 23.0 Å². The summed E-state index contributed by atoms with van der Waals surface area (Å²) in [5, 5.41) is 4.75. The summed E-state index contributed by atoms with van der Waals surface area (Å²) in [6.07, 6.45) is 0.862. The Labute approximate surface area is 149 Å². The van der Waals surface area contributed by atoms with Gasteiger partial charge in [0, 0.05) is 12.6 Å². The van der Waals surface area contributed by atoms with Gasteiger partial charge in [0.1, 0.15) is 21.9 Å². The molecule has 0 amide bonds. The summed E-state index contributed by atoms with van der Waals surface area (Å²) < 4.78 is 7.38. The number of nitrogens with zero attached hydrogens (tertiary/aromatic N) is 3. The van der Waals surface area contributed by atoms with Gasteiger partial charge >= 0.3 is 0 Å². The van der Waals surface area contributed by atoms with Gasteiger partial charge in [-0.3, -0.25) is 4.79 Å². The van der Waals surface area contributed by atoms with Crippen molar-refractivity contribution in [3.63, 3.8) is 0 Å². The predicted molar refractivity (Wildman–Crippen MR) is 101 cm³/mol. The molecule has 0 aliphatic rings. The van der Waals surface area contributed by atoms with E-state index >= 15 is 0 Å². The highest BCUT2D eigenvalue weighted by Gasteiger charge is 2.16. The number of H-pyrrole nitrogens is 1. The molecule has 3 aromatic rings. The lowest BCUT2D eigenvalue weighted by Gasteiger charge is -2.12. The molecule has 0 aliphatic carbocycles. The zero-order chi connectivity index (χ0) is 18.1. The van der Waals surface area contributed by atoms with Crippen LogP contribution >= 0.6 is 12.2 Å². The van der Waals surface area contributed by atoms with E-state index in [1.54, 1.807) is 36.9 Å². The van der Waals surface area contributed by atoms with Gasteiger partial charge in [-0.25, -0.2) is 9.67 Å². The highest BCUT2D eigenvalue weighted by molar-refractivity contribution is 7.80. The van der Waals surface area contributed by atoms with Gasteiger partial charge in [0.2, 0.25) is 0 Å². The number of benzene rings is 1. The molecule has 25 heavy (non-hydrogen) atoms. The molecule has 8 heteroatoms. The summed E-state index contributed by atoms with van der Waals surface area (Å²) in [5.74, 6) is 1.01. The van der Waals surface area contributed by atoms with Gasteiger partial charge in [-0.1, -0.05) is 19.1 Å². The van der Waals surface area contributed by atoms with Gasteiger partial charge in [0.15, 0.2) is 5.65 Å². The molecule has 0 unspecified atom stereocenters. The average Bonchev–Trinajstić information content (AvgIpc) is 2.87. The second kappa shape index (κ2) is 6.64. The largest absolute Gasteiger partial charge is 0.493 e. The Morgan fingerprint density at radius 3 is 2.88 bits per heavy atom. The molecular formula is C17H19N5O2S. The maximum Gasteiger partial charge on any atom is 0.262 e. The van der Waals surface area contributed by atoms with Crippen LogP contribution in [0.4, 0.5) is 0 Å². The zero-order valence-corrected chi connectivity index (χ0v) is 15.1. The highest BCUT2D eigenvalue weighted by Crippen LogP contribution is 2.29. The first-order valence-corrected chi connectivity index (χ1v) is 8.33. The van der Waals surface area contributed by atoms with Crippen LogP contribution in [-0.4, -0.2) is 31.3 Å². The van der Waals surface area contributed by atoms with Gasteiger partial charge in [0.05, 0.1) is 17.9 Å². The molecule has 0 spiro atoms. The molecule has 1 aromatic carbocycles. The van der Waals surface area contributed by atoms with Crippen molar-refractivity contribution in [2.75, 3.05) is 6.61 Å². The smallest absolute Gasteiger partial charge is 0.262 e. The van der Waals surface area contributed by atoms with Crippen molar-refractivity contribution < 1.29 is 4.74 Å². The highest BCUT2D eigenvalue weighted by atomic mass is 32.1. The Kier molecular flexibility index (Phi) is 4.54. The maximum atomic E-state index is 12.5. The van der Waals surface area contributed by atoms with Crippen molar-refractivity contribution in [2.45, 2.75) is 20.3 Å². The quantitative estimate of drug-likeness (QED) is 0.678. The third-order valence-electron chi connectivity index (χ3n) is 3.85. The number of aromatic nitrogens is 4. The lowest BCUT2D eigenvalue weighted by molar-refractivity contribution is 0.318. The van der Waals surface area contributed by atoms with Gasteiger partial charge in [-0.2, -0.15) is 5.10 Å². The fourth-order valence-corrected chi connectivity index (χ4v) is 2.80. The summed E-state index contributed by atoms with van der Waals surface area (Å²) in [4.78, 5) is 20.2. The monoisotopic (exact) mass is 357 g/mol. The number of fused-ring (bicyclic) bond motifs is 1. The average molecular weight is 357 g/mol. The van der Waals surface area contributed by atoms with Crippen LogP contribution in [0, 0.1) is 6.92 Å². The van der Waals surface area contributed by atoms with E-state index in [2.05, 4.69) is 15.1 Å². The van der Waals surface area contributed by atoms with E-state index in [4.69, 9.17) is 22.7 Å². The maximum absolute atomic E-state index is 12.5. The number of thiocarbonyl (C=S) groups is 1. The lowest BCUT2D eigenvalue weighted by atomic mass is 10.1. The van der Waals surface area contributed by atoms with Crippen molar-refractivity contribution in [2.24, 2.45) is 12.8 Å². The van der Waals surface area contributed by atoms with E-state index in [9.17, 15) is 4.79 Å². The van der Waals surface area contributed by atoms with Crippen LogP contribution in [0.25, 0.3) is 22.4 Å². The Balaban J connectivity index is 2.25. The SMILES string of the molecule is CCCOc1ccc(C(N)=S)cc1-c1nc2c(c(C)nn2C)c(=O)[nH]1. The van der Waals surface area contributed by atoms with Gasteiger partial charge in [-0.15, -0.1) is 0 Å². The summed E-state index contributed by atoms with van der Waals surface area (Å²) in [7, 11) is 1.76. The molecule has 130 valence electrons. The van der Waals surface area contributed by atoms with E-state index in [1.807, 2.05) is 6.92 Å². The topological polar surface area (TPSA) is 98.8 Å². The molecule has 3 N–H and O–H groups in total. The number of hydrogen-bond donors (Lipinski definition) is 2. The number of ether oxygens (including phenoxy) is 1. The Bertz CT molecular complexity index is 1020. The Hall–Kier alpha value is -2.74. The molecule has 0 saturated carbocycles. The molecule has 7 nitrogen and oxygen atoms in total. The number of nitrogens with one attached hydrogen (secondary N) is 1. The first kappa shape index (κ1) is 17.1. The van der Waals surface area contributed by atoms with E-state index in [1.165, 1.54) is 0 Å².